The van der Waals surface area contributed by atoms with Crippen molar-refractivity contribution in [1.82, 2.24) is 5.32 Å². The predicted molar refractivity (Wildman–Crippen MR) is 55.3 cm³/mol. The summed E-state index contributed by atoms with van der Waals surface area (Å²) in [6, 6.07) is -0.652. The second kappa shape index (κ2) is 4.83. The molecule has 0 spiro atoms. The van der Waals surface area contributed by atoms with Gasteiger partial charge in [0.25, 0.3) is 0 Å². The summed E-state index contributed by atoms with van der Waals surface area (Å²) in [6.07, 6.45) is -4.61. The molecule has 3 nitrogen and oxygen atoms in total. The largest absolute Gasteiger partial charge is 0.480 e. The van der Waals surface area contributed by atoms with E-state index in [1.807, 2.05) is 0 Å². The molecule has 1 aliphatic heterocycles. The average molecular weight is 257 g/mol. The molecular weight excluding hydrogens is 243 g/mol. The Morgan fingerprint density at radius 3 is 2.69 bits per heavy atom. The van der Waals surface area contributed by atoms with Crippen molar-refractivity contribution in [1.29, 1.82) is 0 Å². The minimum Gasteiger partial charge on any atom is -0.480 e. The third-order valence-electron chi connectivity index (χ3n) is 2.46. The van der Waals surface area contributed by atoms with Gasteiger partial charge in [-0.3, -0.25) is 10.1 Å². The molecule has 1 fully saturated rings. The minimum absolute atomic E-state index is 0.0202. The van der Waals surface area contributed by atoms with E-state index in [1.165, 1.54) is 11.8 Å². The number of nitrogens with one attached hydrogen (secondary N) is 1. The van der Waals surface area contributed by atoms with E-state index in [1.54, 1.807) is 6.92 Å². The van der Waals surface area contributed by atoms with Crippen molar-refractivity contribution >= 4 is 17.7 Å². The Hall–Kier alpha value is -0.430. The highest BCUT2D eigenvalue weighted by molar-refractivity contribution is 8.00. The summed E-state index contributed by atoms with van der Waals surface area (Å²) in [5.41, 5.74) is 0. The second-order valence-corrected chi connectivity index (χ2v) is 5.57. The van der Waals surface area contributed by atoms with Crippen molar-refractivity contribution in [3.63, 3.8) is 0 Å². The van der Waals surface area contributed by atoms with E-state index in [-0.39, 0.29) is 6.42 Å². The van der Waals surface area contributed by atoms with Gasteiger partial charge in [-0.15, -0.1) is 11.8 Å². The smallest absolute Gasteiger partial charge is 0.389 e. The third kappa shape index (κ3) is 4.21. The number of aliphatic carboxylic acids is 1. The van der Waals surface area contributed by atoms with Gasteiger partial charge in [-0.05, 0) is 19.8 Å². The highest BCUT2D eigenvalue weighted by Crippen LogP contribution is 2.35. The molecule has 0 aromatic rings. The van der Waals surface area contributed by atoms with Crippen molar-refractivity contribution < 1.29 is 23.1 Å². The topological polar surface area (TPSA) is 49.3 Å². The van der Waals surface area contributed by atoms with Crippen LogP contribution in [0.15, 0.2) is 0 Å². The fourth-order valence-corrected chi connectivity index (χ4v) is 2.90. The molecule has 0 bridgehead atoms. The first-order valence-corrected chi connectivity index (χ1v) is 5.92. The number of alkyl halides is 3. The third-order valence-corrected chi connectivity index (χ3v) is 3.92. The molecule has 0 aromatic heterocycles. The molecule has 1 saturated heterocycles. The Bertz CT molecular complexity index is 272. The molecule has 2 N–H and O–H groups in total. The maximum atomic E-state index is 11.9. The lowest BCUT2D eigenvalue weighted by atomic mass is 10.1. The van der Waals surface area contributed by atoms with Gasteiger partial charge < -0.3 is 5.11 Å². The normalized spacial score (nSPS) is 30.6. The van der Waals surface area contributed by atoms with E-state index in [9.17, 15) is 18.0 Å². The van der Waals surface area contributed by atoms with Gasteiger partial charge in [-0.1, -0.05) is 0 Å². The van der Waals surface area contributed by atoms with Crippen LogP contribution in [0.25, 0.3) is 0 Å². The Morgan fingerprint density at radius 2 is 2.25 bits per heavy atom. The van der Waals surface area contributed by atoms with Crippen LogP contribution in [0.5, 0.6) is 0 Å². The van der Waals surface area contributed by atoms with Crippen molar-refractivity contribution in [3.05, 3.63) is 0 Å². The van der Waals surface area contributed by atoms with E-state index in [0.29, 0.717) is 12.2 Å². The lowest BCUT2D eigenvalue weighted by Gasteiger charge is -2.24. The molecule has 94 valence electrons. The summed E-state index contributed by atoms with van der Waals surface area (Å²) in [5.74, 6) is -0.551. The Morgan fingerprint density at radius 1 is 1.62 bits per heavy atom. The van der Waals surface area contributed by atoms with E-state index in [2.05, 4.69) is 5.32 Å². The van der Waals surface area contributed by atoms with Gasteiger partial charge in [0.1, 0.15) is 6.04 Å². The van der Waals surface area contributed by atoms with Crippen LogP contribution in [-0.2, 0) is 4.79 Å². The van der Waals surface area contributed by atoms with Crippen LogP contribution >= 0.6 is 11.8 Å². The number of hydrogen-bond donors (Lipinski definition) is 2. The van der Waals surface area contributed by atoms with E-state index in [0.717, 1.165) is 0 Å². The summed E-state index contributed by atoms with van der Waals surface area (Å²) >= 11 is 1.37. The Labute approximate surface area is 95.8 Å². The molecule has 1 heterocycles. The lowest BCUT2D eigenvalue weighted by molar-refractivity contribution is -0.139. The number of carbonyl (C=O) groups is 1. The summed E-state index contributed by atoms with van der Waals surface area (Å²) in [4.78, 5) is 10.1. The zero-order valence-corrected chi connectivity index (χ0v) is 9.62. The molecule has 2 atom stereocenters. The first-order chi connectivity index (χ1) is 7.22. The predicted octanol–water partition coefficient (Wildman–Crippen LogP) is 2.22. The second-order valence-electron chi connectivity index (χ2n) is 4.05. The van der Waals surface area contributed by atoms with Crippen molar-refractivity contribution in [2.75, 3.05) is 5.75 Å². The van der Waals surface area contributed by atoms with Gasteiger partial charge >= 0.3 is 12.1 Å². The molecule has 2 unspecified atom stereocenters. The lowest BCUT2D eigenvalue weighted by Crippen LogP contribution is -2.43. The Balaban J connectivity index is 2.35. The van der Waals surface area contributed by atoms with E-state index >= 15 is 0 Å². The van der Waals surface area contributed by atoms with Gasteiger partial charge in [-0.25, -0.2) is 0 Å². The van der Waals surface area contributed by atoms with Crippen LogP contribution < -0.4 is 5.32 Å². The molecule has 1 aliphatic rings. The first kappa shape index (κ1) is 13.6. The number of rotatable bonds is 4. The van der Waals surface area contributed by atoms with Crippen LogP contribution in [0.2, 0.25) is 0 Å². The van der Waals surface area contributed by atoms with Crippen molar-refractivity contribution in [2.24, 2.45) is 0 Å². The summed E-state index contributed by atoms with van der Waals surface area (Å²) in [6.45, 7) is 1.75. The number of thioether (sulfide) groups is 1. The van der Waals surface area contributed by atoms with Crippen LogP contribution in [0.4, 0.5) is 13.2 Å². The fourth-order valence-electron chi connectivity index (χ4n) is 1.62. The van der Waals surface area contributed by atoms with Crippen molar-refractivity contribution in [2.45, 2.75) is 43.3 Å². The maximum Gasteiger partial charge on any atom is 0.389 e. The van der Waals surface area contributed by atoms with Gasteiger partial charge in [-0.2, -0.15) is 13.2 Å². The summed E-state index contributed by atoms with van der Waals surface area (Å²) in [7, 11) is 0. The quantitative estimate of drug-likeness (QED) is 0.810. The SMILES string of the molecule is CC1(CCCC(F)(F)F)NC(C(=O)O)CS1. The number of carboxylic acid groups (broad SMARTS) is 1. The molecule has 0 aliphatic carbocycles. The van der Waals surface area contributed by atoms with Crippen molar-refractivity contribution in [3.8, 4) is 0 Å². The van der Waals surface area contributed by atoms with Gasteiger partial charge in [0.05, 0.1) is 4.87 Å². The van der Waals surface area contributed by atoms with Crippen LogP contribution in [0.3, 0.4) is 0 Å². The van der Waals surface area contributed by atoms with Crippen LogP contribution in [0, 0.1) is 0 Å². The molecule has 0 saturated carbocycles. The molecule has 7 heteroatoms. The van der Waals surface area contributed by atoms with Gasteiger partial charge in [0.15, 0.2) is 0 Å². The molecule has 0 aromatic carbocycles. The highest BCUT2D eigenvalue weighted by atomic mass is 32.2. The van der Waals surface area contributed by atoms with E-state index in [4.69, 9.17) is 5.11 Å². The zero-order valence-electron chi connectivity index (χ0n) is 8.80. The first-order valence-electron chi connectivity index (χ1n) is 4.93. The van der Waals surface area contributed by atoms with Gasteiger partial charge in [0, 0.05) is 12.2 Å². The molecule has 0 radical (unpaired) electrons. The Kier molecular flexibility index (Phi) is 4.12. The monoisotopic (exact) mass is 257 g/mol. The summed E-state index contributed by atoms with van der Waals surface area (Å²) < 4.78 is 35.8. The van der Waals surface area contributed by atoms with Gasteiger partial charge in [0.2, 0.25) is 0 Å². The fraction of sp³-hybridized carbons (Fsp3) is 0.889. The van der Waals surface area contributed by atoms with E-state index < -0.39 is 29.5 Å². The number of hydrogen-bond acceptors (Lipinski definition) is 3. The molecule has 16 heavy (non-hydrogen) atoms. The average Bonchev–Trinajstić information content (AvgIpc) is 2.46. The summed E-state index contributed by atoms with van der Waals surface area (Å²) in [5, 5.41) is 11.6. The number of halogens is 3. The zero-order chi connectivity index (χ0) is 12.4. The number of carboxylic acids is 1. The molecular formula is C9H14F3NO2S. The maximum absolute atomic E-state index is 11.9. The van der Waals surface area contributed by atoms with Crippen LogP contribution in [0.1, 0.15) is 26.2 Å². The van der Waals surface area contributed by atoms with Crippen LogP contribution in [-0.4, -0.2) is 33.9 Å². The minimum atomic E-state index is -4.13. The highest BCUT2D eigenvalue weighted by Gasteiger charge is 2.38. The molecule has 0 amide bonds. The molecule has 1 rings (SSSR count). The standard InChI is InChI=1S/C9H14F3NO2S/c1-8(3-2-4-9(10,11)12)13-6(5-16-8)7(14)15/h6,13H,2-5H2,1H3,(H,14,15).